The Labute approximate surface area is 213 Å². The van der Waals surface area contributed by atoms with Crippen molar-refractivity contribution >= 4 is 40.1 Å². The Bertz CT molecular complexity index is 1230. The smallest absolute Gasteiger partial charge is 0.242 e. The van der Waals surface area contributed by atoms with E-state index < -0.39 is 5.25 Å². The number of carbonyl (C=O) groups is 2. The number of nitrogens with zero attached hydrogens (tertiary/aromatic N) is 2. The average Bonchev–Trinajstić information content (AvgIpc) is 3.18. The normalized spacial score (nSPS) is 16.3. The number of hydrogen-bond donors (Lipinski definition) is 1. The zero-order valence-electron chi connectivity index (χ0n) is 19.9. The maximum atomic E-state index is 13.3. The highest BCUT2D eigenvalue weighted by Crippen LogP contribution is 2.32. The van der Waals surface area contributed by atoms with Crippen LogP contribution < -0.4 is 14.8 Å². The van der Waals surface area contributed by atoms with Gasteiger partial charge in [-0.3, -0.25) is 14.5 Å². The van der Waals surface area contributed by atoms with E-state index in [-0.39, 0.29) is 24.1 Å². The monoisotopic (exact) mass is 507 g/mol. The fraction of sp³-hybridized carbons (Fsp3) is 0.222. The molecule has 1 aliphatic heterocycles. The molecule has 1 fully saturated rings. The number of amidine groups is 1. The van der Waals surface area contributed by atoms with E-state index in [2.05, 4.69) is 10.3 Å². The molecule has 7 nitrogen and oxygen atoms in total. The highest BCUT2D eigenvalue weighted by molar-refractivity contribution is 8.15. The molecule has 0 spiro atoms. The lowest BCUT2D eigenvalue weighted by Crippen LogP contribution is -2.35. The Morgan fingerprint density at radius 3 is 2.19 bits per heavy atom. The Hall–Kier alpha value is -3.85. The summed E-state index contributed by atoms with van der Waals surface area (Å²) in [7, 11) is 3.18. The van der Waals surface area contributed by atoms with Crippen LogP contribution in [-0.4, -0.2) is 47.9 Å². The minimum absolute atomic E-state index is 0.00297. The van der Waals surface area contributed by atoms with E-state index in [0.717, 1.165) is 11.3 Å². The van der Waals surface area contributed by atoms with Crippen LogP contribution in [0.3, 0.4) is 0 Å². The predicted octanol–water partition coefficient (Wildman–Crippen LogP) is 5.05. The molecular formula is C27H26FN3O4S. The molecule has 0 aromatic heterocycles. The third-order valence-corrected chi connectivity index (χ3v) is 6.77. The molecule has 0 radical (unpaired) electrons. The SMILES string of the molecule is COc1ccc(CCN2C(=O)[C@H](CC(=O)Nc3ccc(OC)cc3)SC2=Nc2ccc(F)cc2)cc1. The summed E-state index contributed by atoms with van der Waals surface area (Å²) in [5, 5.41) is 2.70. The van der Waals surface area contributed by atoms with Crippen LogP contribution in [0.1, 0.15) is 12.0 Å². The maximum Gasteiger partial charge on any atom is 0.242 e. The van der Waals surface area contributed by atoms with E-state index in [1.54, 1.807) is 55.5 Å². The van der Waals surface area contributed by atoms with Crippen molar-refractivity contribution in [2.75, 3.05) is 26.1 Å². The Kier molecular flexibility index (Phi) is 8.22. The predicted molar refractivity (Wildman–Crippen MR) is 140 cm³/mol. The van der Waals surface area contributed by atoms with Gasteiger partial charge in [0.1, 0.15) is 22.6 Å². The molecule has 0 unspecified atom stereocenters. The molecular weight excluding hydrogens is 481 g/mol. The van der Waals surface area contributed by atoms with Crippen molar-refractivity contribution < 1.29 is 23.5 Å². The zero-order valence-corrected chi connectivity index (χ0v) is 20.8. The Morgan fingerprint density at radius 1 is 0.972 bits per heavy atom. The van der Waals surface area contributed by atoms with Crippen LogP contribution in [0.25, 0.3) is 0 Å². The van der Waals surface area contributed by atoms with Crippen LogP contribution in [0.2, 0.25) is 0 Å². The highest BCUT2D eigenvalue weighted by atomic mass is 32.2. The summed E-state index contributed by atoms with van der Waals surface area (Å²) >= 11 is 1.24. The molecule has 186 valence electrons. The van der Waals surface area contributed by atoms with Crippen LogP contribution in [0, 0.1) is 5.82 Å². The van der Waals surface area contributed by atoms with Gasteiger partial charge in [-0.05, 0) is 72.6 Å². The number of thioether (sulfide) groups is 1. The first-order valence-electron chi connectivity index (χ1n) is 11.3. The quantitative estimate of drug-likeness (QED) is 0.439. The third kappa shape index (κ3) is 6.42. The lowest BCUT2D eigenvalue weighted by atomic mass is 10.1. The summed E-state index contributed by atoms with van der Waals surface area (Å²) in [4.78, 5) is 32.2. The van der Waals surface area contributed by atoms with Gasteiger partial charge in [-0.15, -0.1) is 0 Å². The largest absolute Gasteiger partial charge is 0.497 e. The number of carbonyl (C=O) groups excluding carboxylic acids is 2. The van der Waals surface area contributed by atoms with Gasteiger partial charge in [0.05, 0.1) is 19.9 Å². The molecule has 9 heteroatoms. The molecule has 1 saturated heterocycles. The summed E-state index contributed by atoms with van der Waals surface area (Å²) in [6.45, 7) is 0.398. The van der Waals surface area contributed by atoms with Crippen molar-refractivity contribution in [3.63, 3.8) is 0 Å². The molecule has 2 amide bonds. The van der Waals surface area contributed by atoms with Crippen LogP contribution in [-0.2, 0) is 16.0 Å². The third-order valence-electron chi connectivity index (χ3n) is 5.60. The lowest BCUT2D eigenvalue weighted by molar-refractivity contribution is -0.128. The number of nitrogens with one attached hydrogen (secondary N) is 1. The number of amides is 2. The Morgan fingerprint density at radius 2 is 1.58 bits per heavy atom. The highest BCUT2D eigenvalue weighted by Gasteiger charge is 2.39. The fourth-order valence-corrected chi connectivity index (χ4v) is 4.83. The molecule has 1 N–H and O–H groups in total. The second-order valence-electron chi connectivity index (χ2n) is 8.05. The Balaban J connectivity index is 1.48. The number of rotatable bonds is 9. The van der Waals surface area contributed by atoms with Crippen molar-refractivity contribution in [1.82, 2.24) is 4.90 Å². The summed E-state index contributed by atoms with van der Waals surface area (Å²) in [6, 6.07) is 20.4. The molecule has 1 heterocycles. The van der Waals surface area contributed by atoms with E-state index in [4.69, 9.17) is 9.47 Å². The van der Waals surface area contributed by atoms with Crippen molar-refractivity contribution in [2.24, 2.45) is 4.99 Å². The van der Waals surface area contributed by atoms with Gasteiger partial charge in [0.2, 0.25) is 11.8 Å². The standard InChI is InChI=1S/C27H26FN3O4S/c1-34-22-11-3-18(4-12-22)15-16-31-26(33)24(36-27(31)30-21-7-5-19(28)6-8-21)17-25(32)29-20-9-13-23(35-2)14-10-20/h3-14,24H,15-17H2,1-2H3,(H,29,32)/t24-/m0/s1. The minimum atomic E-state index is -0.613. The van der Waals surface area contributed by atoms with Gasteiger partial charge < -0.3 is 14.8 Å². The van der Waals surface area contributed by atoms with E-state index in [1.807, 2.05) is 24.3 Å². The summed E-state index contributed by atoms with van der Waals surface area (Å²) in [5.74, 6) is 0.624. The van der Waals surface area contributed by atoms with E-state index in [9.17, 15) is 14.0 Å². The topological polar surface area (TPSA) is 80.2 Å². The second kappa shape index (κ2) is 11.7. The van der Waals surface area contributed by atoms with Gasteiger partial charge >= 0.3 is 0 Å². The van der Waals surface area contributed by atoms with E-state index in [0.29, 0.717) is 35.3 Å². The van der Waals surface area contributed by atoms with Gasteiger partial charge in [0, 0.05) is 18.7 Å². The van der Waals surface area contributed by atoms with Crippen molar-refractivity contribution in [3.8, 4) is 11.5 Å². The molecule has 36 heavy (non-hydrogen) atoms. The molecule has 0 saturated carbocycles. The second-order valence-corrected chi connectivity index (χ2v) is 9.22. The number of benzene rings is 3. The molecule has 1 aliphatic rings. The average molecular weight is 508 g/mol. The zero-order chi connectivity index (χ0) is 25.5. The molecule has 0 aliphatic carbocycles. The maximum absolute atomic E-state index is 13.3. The van der Waals surface area contributed by atoms with E-state index in [1.165, 1.54) is 23.9 Å². The number of hydrogen-bond acceptors (Lipinski definition) is 6. The van der Waals surface area contributed by atoms with Crippen molar-refractivity contribution in [2.45, 2.75) is 18.1 Å². The van der Waals surface area contributed by atoms with Gasteiger partial charge in [-0.1, -0.05) is 23.9 Å². The molecule has 1 atom stereocenters. The number of halogens is 1. The van der Waals surface area contributed by atoms with Gasteiger partial charge in [0.15, 0.2) is 5.17 Å². The number of methoxy groups -OCH3 is 2. The number of anilines is 1. The van der Waals surface area contributed by atoms with Crippen molar-refractivity contribution in [1.29, 1.82) is 0 Å². The van der Waals surface area contributed by atoms with Crippen LogP contribution in [0.5, 0.6) is 11.5 Å². The minimum Gasteiger partial charge on any atom is -0.497 e. The first kappa shape index (κ1) is 25.2. The molecule has 0 bridgehead atoms. The molecule has 4 rings (SSSR count). The summed E-state index contributed by atoms with van der Waals surface area (Å²) < 4.78 is 23.7. The first-order valence-corrected chi connectivity index (χ1v) is 12.2. The van der Waals surface area contributed by atoms with Crippen LogP contribution >= 0.6 is 11.8 Å². The van der Waals surface area contributed by atoms with Crippen molar-refractivity contribution in [3.05, 3.63) is 84.2 Å². The number of aliphatic imine (C=N–C) groups is 1. The first-order chi connectivity index (χ1) is 17.4. The van der Waals surface area contributed by atoms with Gasteiger partial charge in [0.25, 0.3) is 0 Å². The lowest BCUT2D eigenvalue weighted by Gasteiger charge is -2.16. The number of ether oxygens (including phenoxy) is 2. The molecule has 3 aromatic rings. The van der Waals surface area contributed by atoms with E-state index >= 15 is 0 Å². The fourth-order valence-electron chi connectivity index (χ4n) is 3.64. The van der Waals surface area contributed by atoms with Crippen LogP contribution in [0.15, 0.2) is 77.8 Å². The van der Waals surface area contributed by atoms with Crippen LogP contribution in [0.4, 0.5) is 15.8 Å². The summed E-state index contributed by atoms with van der Waals surface area (Å²) in [6.07, 6.45) is 0.598. The summed E-state index contributed by atoms with van der Waals surface area (Å²) in [5.41, 5.74) is 2.19. The van der Waals surface area contributed by atoms with Gasteiger partial charge in [-0.25, -0.2) is 9.38 Å². The van der Waals surface area contributed by atoms with Gasteiger partial charge in [-0.2, -0.15) is 0 Å². The molecule has 3 aromatic carbocycles.